The highest BCUT2D eigenvalue weighted by atomic mass is 79.9. The number of halogens is 1. The summed E-state index contributed by atoms with van der Waals surface area (Å²) >= 11 is 3.58. The summed E-state index contributed by atoms with van der Waals surface area (Å²) in [6.45, 7) is 10.1. The van der Waals surface area contributed by atoms with Crippen molar-refractivity contribution in [2.24, 2.45) is 0 Å². The second-order valence-electron chi connectivity index (χ2n) is 3.85. The van der Waals surface area contributed by atoms with Gasteiger partial charge in [-0.25, -0.2) is 0 Å². The molecule has 0 saturated carbocycles. The summed E-state index contributed by atoms with van der Waals surface area (Å²) in [5.74, 6) is 0. The molecule has 0 aromatic heterocycles. The van der Waals surface area contributed by atoms with Crippen LogP contribution in [-0.2, 0) is 6.42 Å². The van der Waals surface area contributed by atoms with E-state index in [0.717, 1.165) is 23.0 Å². The van der Waals surface area contributed by atoms with E-state index in [1.165, 1.54) is 22.4 Å². The molecule has 1 aliphatic rings. The summed E-state index contributed by atoms with van der Waals surface area (Å²) in [6.07, 6.45) is 1.90. The summed E-state index contributed by atoms with van der Waals surface area (Å²) in [4.78, 5) is 0. The molecule has 0 spiro atoms. The van der Waals surface area contributed by atoms with Gasteiger partial charge in [0.25, 0.3) is 0 Å². The lowest BCUT2D eigenvalue weighted by atomic mass is 10.0. The number of fused-ring (bicyclic) bond motifs is 1. The number of anilines is 1. The third kappa shape index (κ3) is 1.86. The molecule has 78 valence electrons. The zero-order valence-electron chi connectivity index (χ0n) is 8.86. The van der Waals surface area contributed by atoms with Gasteiger partial charge in [-0.05, 0) is 35.3 Å². The van der Waals surface area contributed by atoms with Crippen molar-refractivity contribution in [2.75, 3.05) is 5.32 Å². The van der Waals surface area contributed by atoms with Gasteiger partial charge in [-0.3, -0.25) is 0 Å². The molecule has 0 unspecified atom stereocenters. The van der Waals surface area contributed by atoms with Gasteiger partial charge in [-0.15, -0.1) is 0 Å². The second-order valence-corrected chi connectivity index (χ2v) is 4.71. The van der Waals surface area contributed by atoms with Crippen molar-refractivity contribution in [1.82, 2.24) is 0 Å². The molecule has 1 N–H and O–H groups in total. The van der Waals surface area contributed by atoms with E-state index in [0.29, 0.717) is 0 Å². The van der Waals surface area contributed by atoms with Crippen LogP contribution in [0.25, 0.3) is 5.57 Å². The minimum atomic E-state index is 0.923. The van der Waals surface area contributed by atoms with Crippen LogP contribution in [0.3, 0.4) is 0 Å². The van der Waals surface area contributed by atoms with Gasteiger partial charge in [0, 0.05) is 22.3 Å². The first-order valence-electron chi connectivity index (χ1n) is 5.07. The number of allylic oxidation sites excluding steroid dienone is 2. The Morgan fingerprint density at radius 2 is 2.27 bits per heavy atom. The molecule has 1 heterocycles. The van der Waals surface area contributed by atoms with Crippen LogP contribution in [0.15, 0.2) is 35.5 Å². The average Bonchev–Trinajstić information content (AvgIpc) is 2.55. The molecule has 0 aliphatic carbocycles. The molecule has 15 heavy (non-hydrogen) atoms. The Morgan fingerprint density at radius 1 is 1.53 bits per heavy atom. The minimum Gasteiger partial charge on any atom is -0.359 e. The van der Waals surface area contributed by atoms with E-state index < -0.39 is 0 Å². The molecule has 1 nitrogen and oxygen atoms in total. The fourth-order valence-corrected chi connectivity index (χ4v) is 2.43. The van der Waals surface area contributed by atoms with Crippen molar-refractivity contribution < 1.29 is 0 Å². The smallest absolute Gasteiger partial charge is 0.0430 e. The third-order valence-electron chi connectivity index (χ3n) is 2.72. The van der Waals surface area contributed by atoms with Crippen molar-refractivity contribution in [1.29, 1.82) is 0 Å². The lowest BCUT2D eigenvalue weighted by Crippen LogP contribution is -1.89. The van der Waals surface area contributed by atoms with Gasteiger partial charge >= 0.3 is 0 Å². The maximum atomic E-state index is 4.08. The molecular formula is C13H14BrN. The molecule has 0 radical (unpaired) electrons. The molecular weight excluding hydrogens is 250 g/mol. The first kappa shape index (κ1) is 10.5. The maximum Gasteiger partial charge on any atom is 0.0430 e. The van der Waals surface area contributed by atoms with Gasteiger partial charge in [-0.2, -0.15) is 0 Å². The minimum absolute atomic E-state index is 0.923. The third-order valence-corrected chi connectivity index (χ3v) is 3.37. The van der Waals surface area contributed by atoms with Gasteiger partial charge in [0.05, 0.1) is 0 Å². The van der Waals surface area contributed by atoms with Gasteiger partial charge in [0.15, 0.2) is 0 Å². The van der Waals surface area contributed by atoms with E-state index in [1.807, 2.05) is 0 Å². The van der Waals surface area contributed by atoms with Crippen LogP contribution in [0.1, 0.15) is 24.5 Å². The first-order valence-corrected chi connectivity index (χ1v) is 5.86. The van der Waals surface area contributed by atoms with Gasteiger partial charge in [0.1, 0.15) is 0 Å². The van der Waals surface area contributed by atoms with Crippen LogP contribution in [0.2, 0.25) is 0 Å². The van der Waals surface area contributed by atoms with Crippen LogP contribution in [0.5, 0.6) is 0 Å². The van der Waals surface area contributed by atoms with Crippen molar-refractivity contribution >= 4 is 27.2 Å². The lowest BCUT2D eigenvalue weighted by molar-refractivity contribution is 1.22. The zero-order valence-corrected chi connectivity index (χ0v) is 10.4. The summed E-state index contributed by atoms with van der Waals surface area (Å²) in [7, 11) is 0. The predicted molar refractivity (Wildman–Crippen MR) is 69.9 cm³/mol. The molecule has 0 bridgehead atoms. The molecule has 1 aromatic rings. The highest BCUT2D eigenvalue weighted by Crippen LogP contribution is 2.35. The maximum absolute atomic E-state index is 4.08. The molecule has 0 atom stereocenters. The largest absolute Gasteiger partial charge is 0.359 e. The highest BCUT2D eigenvalue weighted by molar-refractivity contribution is 9.10. The van der Waals surface area contributed by atoms with Crippen LogP contribution in [0.4, 0.5) is 5.69 Å². The Hall–Kier alpha value is -1.02. The van der Waals surface area contributed by atoms with E-state index in [-0.39, 0.29) is 0 Å². The van der Waals surface area contributed by atoms with E-state index in [2.05, 4.69) is 53.5 Å². The average molecular weight is 264 g/mol. The van der Waals surface area contributed by atoms with Gasteiger partial charge < -0.3 is 5.32 Å². The molecule has 0 fully saturated rings. The second kappa shape index (κ2) is 3.86. The summed E-state index contributed by atoms with van der Waals surface area (Å²) in [5.41, 5.74) is 5.93. The van der Waals surface area contributed by atoms with Crippen LogP contribution in [-0.4, -0.2) is 0 Å². The number of rotatable bonds is 2. The Bertz CT molecular complexity index is 446. The monoisotopic (exact) mass is 263 g/mol. The zero-order chi connectivity index (χ0) is 11.0. The van der Waals surface area contributed by atoms with Crippen molar-refractivity contribution in [3.8, 4) is 0 Å². The Morgan fingerprint density at radius 3 is 2.93 bits per heavy atom. The fourth-order valence-electron chi connectivity index (χ4n) is 1.81. The Kier molecular flexibility index (Phi) is 2.70. The molecule has 0 amide bonds. The first-order chi connectivity index (χ1) is 7.11. The quantitative estimate of drug-likeness (QED) is 0.837. The highest BCUT2D eigenvalue weighted by Gasteiger charge is 2.16. The van der Waals surface area contributed by atoms with E-state index in [9.17, 15) is 0 Å². The molecule has 2 heteroatoms. The predicted octanol–water partition coefficient (Wildman–Crippen LogP) is 4.35. The van der Waals surface area contributed by atoms with Gasteiger partial charge in [0.2, 0.25) is 0 Å². The Labute approximate surface area is 99.0 Å². The lowest BCUT2D eigenvalue weighted by Gasteiger charge is -2.09. The van der Waals surface area contributed by atoms with E-state index in [4.69, 9.17) is 0 Å². The molecule has 2 rings (SSSR count). The van der Waals surface area contributed by atoms with E-state index in [1.54, 1.807) is 0 Å². The van der Waals surface area contributed by atoms with Crippen molar-refractivity contribution in [3.63, 3.8) is 0 Å². The van der Waals surface area contributed by atoms with Crippen molar-refractivity contribution in [3.05, 3.63) is 46.6 Å². The van der Waals surface area contributed by atoms with Gasteiger partial charge in [-0.1, -0.05) is 36.0 Å². The number of nitrogens with one attached hydrogen (secondary N) is 1. The molecule has 1 aromatic carbocycles. The van der Waals surface area contributed by atoms with E-state index >= 15 is 0 Å². The summed E-state index contributed by atoms with van der Waals surface area (Å²) in [6, 6.07) is 4.32. The summed E-state index contributed by atoms with van der Waals surface area (Å²) < 4.78 is 1.11. The molecule has 0 saturated heterocycles. The SMILES string of the molecule is C=C1Cc2cc(C(=C)CC)c(Br)cc2N1. The number of hydrogen-bond acceptors (Lipinski definition) is 1. The summed E-state index contributed by atoms with van der Waals surface area (Å²) in [5, 5.41) is 3.27. The van der Waals surface area contributed by atoms with Crippen LogP contribution >= 0.6 is 15.9 Å². The normalized spacial score (nSPS) is 13.6. The number of benzene rings is 1. The standard InChI is InChI=1S/C13H14BrN/c1-4-8(2)11-6-10-5-9(3)15-13(10)7-12(11)14/h6-7,15H,2-5H2,1H3. The van der Waals surface area contributed by atoms with Crippen molar-refractivity contribution in [2.45, 2.75) is 19.8 Å². The Balaban J connectivity index is 2.48. The topological polar surface area (TPSA) is 12.0 Å². The molecule has 1 aliphatic heterocycles. The number of hydrogen-bond donors (Lipinski definition) is 1. The van der Waals surface area contributed by atoms with Crippen LogP contribution < -0.4 is 5.32 Å². The van der Waals surface area contributed by atoms with Crippen LogP contribution in [0, 0.1) is 0 Å². The fraction of sp³-hybridized carbons (Fsp3) is 0.231.